The molecule has 3 rings (SSSR count). The summed E-state index contributed by atoms with van der Waals surface area (Å²) in [5.41, 5.74) is -0.0237. The molecule has 3 unspecified atom stereocenters. The molecule has 0 aromatic rings. The molecule has 0 saturated carbocycles. The van der Waals surface area contributed by atoms with Crippen LogP contribution in [0.25, 0.3) is 0 Å². The fraction of sp³-hybridized carbons (Fsp3) is 1.00. The summed E-state index contributed by atoms with van der Waals surface area (Å²) in [5.74, 6) is -0.589. The van der Waals surface area contributed by atoms with Crippen molar-refractivity contribution in [2.24, 2.45) is 5.41 Å². The third-order valence-electron chi connectivity index (χ3n) is 3.38. The Morgan fingerprint density at radius 1 is 1.33 bits per heavy atom. The van der Waals surface area contributed by atoms with Crippen LogP contribution in [0.3, 0.4) is 0 Å². The Balaban J connectivity index is 1.46. The molecule has 15 heavy (non-hydrogen) atoms. The molecule has 0 aliphatic carbocycles. The van der Waals surface area contributed by atoms with Crippen molar-refractivity contribution in [3.05, 3.63) is 0 Å². The molecule has 0 aromatic heterocycles. The highest BCUT2D eigenvalue weighted by atomic mass is 17.4. The minimum atomic E-state index is -0.589. The zero-order chi connectivity index (χ0) is 10.7. The van der Waals surface area contributed by atoms with Gasteiger partial charge in [0.05, 0.1) is 13.2 Å². The van der Waals surface area contributed by atoms with Crippen molar-refractivity contribution >= 4 is 0 Å². The molecule has 0 aromatic carbocycles. The molecule has 3 atom stereocenters. The molecule has 0 N–H and O–H groups in total. The van der Waals surface area contributed by atoms with E-state index in [9.17, 15) is 0 Å². The van der Waals surface area contributed by atoms with Gasteiger partial charge in [0.1, 0.15) is 12.2 Å². The van der Waals surface area contributed by atoms with Crippen LogP contribution in [0.15, 0.2) is 0 Å². The second-order valence-electron chi connectivity index (χ2n) is 5.47. The molecule has 0 amide bonds. The number of epoxide rings is 2. The first kappa shape index (κ1) is 9.99. The molecule has 0 bridgehead atoms. The van der Waals surface area contributed by atoms with Crippen molar-refractivity contribution < 1.29 is 24.0 Å². The van der Waals surface area contributed by atoms with E-state index >= 15 is 0 Å². The first-order valence-corrected chi connectivity index (χ1v) is 5.22. The molecular formula is C10H16O5. The van der Waals surface area contributed by atoms with Crippen LogP contribution >= 0.6 is 0 Å². The molecule has 5 heteroatoms. The maximum atomic E-state index is 5.58. The summed E-state index contributed by atoms with van der Waals surface area (Å²) < 4.78 is 16.2. The van der Waals surface area contributed by atoms with Crippen molar-refractivity contribution in [2.45, 2.75) is 38.4 Å². The largest absolute Gasteiger partial charge is 0.372 e. The van der Waals surface area contributed by atoms with Crippen LogP contribution in [-0.2, 0) is 24.0 Å². The zero-order valence-corrected chi connectivity index (χ0v) is 9.24. The second kappa shape index (κ2) is 2.73. The van der Waals surface area contributed by atoms with Crippen LogP contribution in [0.5, 0.6) is 0 Å². The van der Waals surface area contributed by atoms with Gasteiger partial charge in [-0.3, -0.25) is 0 Å². The number of fused-ring (bicyclic) bond motifs is 1. The smallest absolute Gasteiger partial charge is 0.282 e. The van der Waals surface area contributed by atoms with Crippen LogP contribution in [0, 0.1) is 5.41 Å². The molecular weight excluding hydrogens is 200 g/mol. The molecule has 5 nitrogen and oxygen atoms in total. The van der Waals surface area contributed by atoms with E-state index in [0.29, 0.717) is 13.2 Å². The van der Waals surface area contributed by atoms with Gasteiger partial charge in [-0.25, -0.2) is 0 Å². The van der Waals surface area contributed by atoms with E-state index in [-0.39, 0.29) is 17.3 Å². The number of hydrogen-bond donors (Lipinski definition) is 0. The maximum absolute atomic E-state index is 5.58. The molecule has 3 heterocycles. The lowest BCUT2D eigenvalue weighted by Crippen LogP contribution is -2.40. The van der Waals surface area contributed by atoms with Gasteiger partial charge in [0.25, 0.3) is 12.1 Å². The van der Waals surface area contributed by atoms with Crippen molar-refractivity contribution in [1.29, 1.82) is 0 Å². The number of rotatable bonds is 4. The second-order valence-corrected chi connectivity index (χ2v) is 5.47. The third kappa shape index (κ3) is 1.42. The Bertz CT molecular complexity index is 276. The first-order chi connectivity index (χ1) is 6.98. The van der Waals surface area contributed by atoms with Gasteiger partial charge < -0.3 is 14.2 Å². The van der Waals surface area contributed by atoms with Gasteiger partial charge in [-0.1, -0.05) is 20.8 Å². The molecule has 86 valence electrons. The summed E-state index contributed by atoms with van der Waals surface area (Å²) in [6, 6.07) is 0. The highest BCUT2D eigenvalue weighted by Gasteiger charge is 2.71. The van der Waals surface area contributed by atoms with Gasteiger partial charge in [-0.2, -0.15) is 9.78 Å². The Morgan fingerprint density at radius 3 is 2.40 bits per heavy atom. The predicted octanol–water partition coefficient (Wildman–Crippen LogP) is 0.833. The minimum absolute atomic E-state index is 0.103. The van der Waals surface area contributed by atoms with Crippen molar-refractivity contribution in [3.63, 3.8) is 0 Å². The molecule has 3 saturated heterocycles. The van der Waals surface area contributed by atoms with Gasteiger partial charge in [-0.05, 0) is 5.41 Å². The fourth-order valence-electron chi connectivity index (χ4n) is 1.69. The van der Waals surface area contributed by atoms with Crippen molar-refractivity contribution in [1.82, 2.24) is 0 Å². The Morgan fingerprint density at radius 2 is 2.07 bits per heavy atom. The van der Waals surface area contributed by atoms with Crippen LogP contribution in [0.1, 0.15) is 20.8 Å². The Hall–Kier alpha value is -0.200. The van der Waals surface area contributed by atoms with Gasteiger partial charge in [0, 0.05) is 0 Å². The summed E-state index contributed by atoms with van der Waals surface area (Å²) in [6.45, 7) is 8.23. The van der Waals surface area contributed by atoms with Gasteiger partial charge in [0.2, 0.25) is 0 Å². The van der Waals surface area contributed by atoms with Crippen LogP contribution in [-0.4, -0.2) is 37.5 Å². The maximum Gasteiger partial charge on any atom is 0.282 e. The van der Waals surface area contributed by atoms with E-state index in [1.807, 2.05) is 0 Å². The molecule has 3 aliphatic heterocycles. The van der Waals surface area contributed by atoms with Crippen LogP contribution in [0.4, 0.5) is 0 Å². The van der Waals surface area contributed by atoms with E-state index in [1.54, 1.807) is 0 Å². The Kier molecular flexibility index (Phi) is 1.81. The molecule has 3 aliphatic rings. The van der Waals surface area contributed by atoms with Gasteiger partial charge in [-0.15, -0.1) is 0 Å². The molecule has 0 spiro atoms. The van der Waals surface area contributed by atoms with Gasteiger partial charge in [0.15, 0.2) is 0 Å². The lowest BCUT2D eigenvalue weighted by Gasteiger charge is -2.28. The lowest BCUT2D eigenvalue weighted by molar-refractivity contribution is -0.433. The minimum Gasteiger partial charge on any atom is -0.372 e. The zero-order valence-electron chi connectivity index (χ0n) is 9.24. The highest BCUT2D eigenvalue weighted by molar-refractivity contribution is 5.02. The van der Waals surface area contributed by atoms with E-state index in [2.05, 4.69) is 25.7 Å². The average molecular weight is 216 g/mol. The van der Waals surface area contributed by atoms with Crippen LogP contribution in [0.2, 0.25) is 0 Å². The van der Waals surface area contributed by atoms with Gasteiger partial charge >= 0.3 is 0 Å². The van der Waals surface area contributed by atoms with E-state index in [4.69, 9.17) is 19.1 Å². The first-order valence-electron chi connectivity index (χ1n) is 5.22. The quantitative estimate of drug-likeness (QED) is 0.514. The topological polar surface area (TPSA) is 52.8 Å². The van der Waals surface area contributed by atoms with Crippen molar-refractivity contribution in [3.8, 4) is 0 Å². The third-order valence-corrected chi connectivity index (χ3v) is 3.38. The summed E-state index contributed by atoms with van der Waals surface area (Å²) in [5, 5.41) is 0. The standard InChI is InChI=1S/C10H16O5/c1-8(2,3)9(5-12-9)4-11-6-10-7(13-10)14-15-10/h7H,4-6H2,1-3H3. The summed E-state index contributed by atoms with van der Waals surface area (Å²) >= 11 is 0. The predicted molar refractivity (Wildman–Crippen MR) is 48.7 cm³/mol. The van der Waals surface area contributed by atoms with E-state index < -0.39 is 5.79 Å². The normalized spacial score (nSPS) is 47.0. The van der Waals surface area contributed by atoms with E-state index in [0.717, 1.165) is 6.61 Å². The highest BCUT2D eigenvalue weighted by Crippen LogP contribution is 2.49. The summed E-state index contributed by atoms with van der Waals surface area (Å²) in [7, 11) is 0. The summed E-state index contributed by atoms with van der Waals surface area (Å²) in [4.78, 5) is 9.47. The molecule has 0 radical (unpaired) electrons. The lowest BCUT2D eigenvalue weighted by atomic mass is 9.81. The SMILES string of the molecule is CC(C)(C)C1(COCC23OOC2O3)CO1. The average Bonchev–Trinajstić information content (AvgIpc) is 2.96. The Labute approximate surface area is 88.5 Å². The monoisotopic (exact) mass is 216 g/mol. The number of ether oxygens (including phenoxy) is 3. The summed E-state index contributed by atoms with van der Waals surface area (Å²) in [6.07, 6.45) is -0.205. The van der Waals surface area contributed by atoms with Crippen molar-refractivity contribution in [2.75, 3.05) is 19.8 Å². The fourth-order valence-corrected chi connectivity index (χ4v) is 1.69. The van der Waals surface area contributed by atoms with E-state index in [1.165, 1.54) is 0 Å². The molecule has 3 fully saturated rings. The van der Waals surface area contributed by atoms with Crippen LogP contribution < -0.4 is 0 Å². The number of hydrogen-bond acceptors (Lipinski definition) is 5.